The Balaban J connectivity index is 1.90. The first-order valence-corrected chi connectivity index (χ1v) is 8.08. The zero-order valence-corrected chi connectivity index (χ0v) is 12.6. The Kier molecular flexibility index (Phi) is 3.14. The second kappa shape index (κ2) is 5.02. The van der Waals surface area contributed by atoms with Gasteiger partial charge in [0.2, 0.25) is 5.95 Å². The van der Waals surface area contributed by atoms with E-state index in [-0.39, 0.29) is 5.56 Å². The number of nitrogens with zero attached hydrogens (tertiary/aromatic N) is 3. The summed E-state index contributed by atoms with van der Waals surface area (Å²) in [6.45, 7) is 1.77. The first-order chi connectivity index (χ1) is 10.2. The first-order valence-electron chi connectivity index (χ1n) is 7.71. The molecule has 5 heteroatoms. The summed E-state index contributed by atoms with van der Waals surface area (Å²) < 4.78 is 1.83. The normalized spacial score (nSPS) is 19.2. The van der Waals surface area contributed by atoms with Crippen molar-refractivity contribution in [2.24, 2.45) is 0 Å². The molecule has 2 aromatic rings. The monoisotopic (exact) mass is 303 g/mol. The number of aromatic nitrogens is 2. The van der Waals surface area contributed by atoms with Crippen molar-refractivity contribution in [2.45, 2.75) is 44.7 Å². The van der Waals surface area contributed by atoms with Crippen LogP contribution in [0, 0.1) is 0 Å². The molecule has 2 aliphatic rings. The molecule has 0 bridgehead atoms. The minimum absolute atomic E-state index is 0.0418. The standard InChI is InChI=1S/C16H18ClN3O/c17-11-6-7-14-13(10-11)15(21)20-9-3-8-19(16(20)18-14)12-4-1-2-5-12/h6-7,10,12H,1-5,8-9H2. The van der Waals surface area contributed by atoms with E-state index < -0.39 is 0 Å². The largest absolute Gasteiger partial charge is 0.339 e. The van der Waals surface area contributed by atoms with Crippen LogP contribution in [0.25, 0.3) is 10.9 Å². The molecular formula is C16H18ClN3O. The van der Waals surface area contributed by atoms with Crippen molar-refractivity contribution in [1.29, 1.82) is 0 Å². The Morgan fingerprint density at radius 2 is 1.95 bits per heavy atom. The third kappa shape index (κ3) is 2.13. The lowest BCUT2D eigenvalue weighted by molar-refractivity contribution is 0.485. The van der Waals surface area contributed by atoms with Crippen molar-refractivity contribution >= 4 is 28.5 Å². The SMILES string of the molecule is O=c1c2cc(Cl)ccc2nc2n1CCCN2C1CCCC1. The van der Waals surface area contributed by atoms with Gasteiger partial charge in [0.15, 0.2) is 0 Å². The Morgan fingerprint density at radius 3 is 2.76 bits per heavy atom. The van der Waals surface area contributed by atoms with Crippen LogP contribution >= 0.6 is 11.6 Å². The van der Waals surface area contributed by atoms with Gasteiger partial charge in [0.25, 0.3) is 5.56 Å². The average molecular weight is 304 g/mol. The molecule has 110 valence electrons. The summed E-state index contributed by atoms with van der Waals surface area (Å²) in [6.07, 6.45) is 6.02. The number of benzene rings is 1. The van der Waals surface area contributed by atoms with Crippen molar-refractivity contribution in [2.75, 3.05) is 11.4 Å². The van der Waals surface area contributed by atoms with Crippen LogP contribution in [0.2, 0.25) is 5.02 Å². The van der Waals surface area contributed by atoms with Gasteiger partial charge < -0.3 is 4.90 Å². The molecule has 2 heterocycles. The van der Waals surface area contributed by atoms with Gasteiger partial charge in [-0.05, 0) is 37.5 Å². The maximum absolute atomic E-state index is 12.7. The molecule has 1 aliphatic carbocycles. The molecular weight excluding hydrogens is 286 g/mol. The quantitative estimate of drug-likeness (QED) is 0.812. The van der Waals surface area contributed by atoms with Gasteiger partial charge in [-0.3, -0.25) is 9.36 Å². The van der Waals surface area contributed by atoms with Crippen LogP contribution in [-0.4, -0.2) is 22.1 Å². The molecule has 0 atom stereocenters. The third-order valence-electron chi connectivity index (χ3n) is 4.70. The predicted octanol–water partition coefficient (Wildman–Crippen LogP) is 3.20. The molecule has 1 aliphatic heterocycles. The molecule has 4 nitrogen and oxygen atoms in total. The molecule has 1 aromatic heterocycles. The lowest BCUT2D eigenvalue weighted by Crippen LogP contribution is -2.43. The summed E-state index contributed by atoms with van der Waals surface area (Å²) in [4.78, 5) is 19.9. The molecule has 1 aromatic carbocycles. The predicted molar refractivity (Wildman–Crippen MR) is 85.2 cm³/mol. The topological polar surface area (TPSA) is 38.1 Å². The number of hydrogen-bond acceptors (Lipinski definition) is 3. The van der Waals surface area contributed by atoms with Crippen molar-refractivity contribution in [3.8, 4) is 0 Å². The molecule has 0 unspecified atom stereocenters. The van der Waals surface area contributed by atoms with Crippen LogP contribution in [0.1, 0.15) is 32.1 Å². The molecule has 0 spiro atoms. The number of hydrogen-bond donors (Lipinski definition) is 0. The van der Waals surface area contributed by atoms with E-state index in [0.29, 0.717) is 16.5 Å². The van der Waals surface area contributed by atoms with Gasteiger partial charge in [-0.2, -0.15) is 0 Å². The number of anilines is 1. The van der Waals surface area contributed by atoms with E-state index in [0.717, 1.165) is 31.0 Å². The molecule has 0 N–H and O–H groups in total. The maximum atomic E-state index is 12.7. The van der Waals surface area contributed by atoms with Crippen molar-refractivity contribution in [3.63, 3.8) is 0 Å². The van der Waals surface area contributed by atoms with Crippen molar-refractivity contribution in [1.82, 2.24) is 9.55 Å². The van der Waals surface area contributed by atoms with Gasteiger partial charge >= 0.3 is 0 Å². The minimum atomic E-state index is 0.0418. The fraction of sp³-hybridized carbons (Fsp3) is 0.500. The van der Waals surface area contributed by atoms with Gasteiger partial charge in [-0.1, -0.05) is 24.4 Å². The summed E-state index contributed by atoms with van der Waals surface area (Å²) >= 11 is 6.02. The van der Waals surface area contributed by atoms with Crippen LogP contribution in [0.5, 0.6) is 0 Å². The molecule has 1 fully saturated rings. The summed E-state index contributed by atoms with van der Waals surface area (Å²) in [5.74, 6) is 0.855. The number of halogens is 1. The fourth-order valence-corrected chi connectivity index (χ4v) is 3.84. The van der Waals surface area contributed by atoms with Crippen molar-refractivity contribution < 1.29 is 0 Å². The Hall–Kier alpha value is -1.55. The first kappa shape index (κ1) is 13.1. The maximum Gasteiger partial charge on any atom is 0.262 e. The highest BCUT2D eigenvalue weighted by Gasteiger charge is 2.29. The highest BCUT2D eigenvalue weighted by atomic mass is 35.5. The summed E-state index contributed by atoms with van der Waals surface area (Å²) in [7, 11) is 0. The van der Waals surface area contributed by atoms with Crippen LogP contribution in [0.4, 0.5) is 5.95 Å². The van der Waals surface area contributed by atoms with Crippen LogP contribution in [0.3, 0.4) is 0 Å². The van der Waals surface area contributed by atoms with Gasteiger partial charge in [0.1, 0.15) is 0 Å². The lowest BCUT2D eigenvalue weighted by atomic mass is 10.1. The van der Waals surface area contributed by atoms with E-state index in [4.69, 9.17) is 16.6 Å². The van der Waals surface area contributed by atoms with Gasteiger partial charge in [-0.15, -0.1) is 0 Å². The second-order valence-electron chi connectivity index (χ2n) is 6.02. The van der Waals surface area contributed by atoms with E-state index in [1.807, 2.05) is 10.6 Å². The fourth-order valence-electron chi connectivity index (χ4n) is 3.66. The van der Waals surface area contributed by atoms with E-state index in [9.17, 15) is 4.79 Å². The molecule has 0 radical (unpaired) electrons. The third-order valence-corrected chi connectivity index (χ3v) is 4.93. The molecule has 21 heavy (non-hydrogen) atoms. The number of rotatable bonds is 1. The van der Waals surface area contributed by atoms with Crippen LogP contribution in [0.15, 0.2) is 23.0 Å². The van der Waals surface area contributed by atoms with Crippen LogP contribution in [-0.2, 0) is 6.54 Å². The molecule has 4 rings (SSSR count). The number of fused-ring (bicyclic) bond motifs is 2. The van der Waals surface area contributed by atoms with Gasteiger partial charge in [-0.25, -0.2) is 4.98 Å². The van der Waals surface area contributed by atoms with E-state index in [1.165, 1.54) is 25.7 Å². The Bertz CT molecular complexity index is 749. The zero-order valence-electron chi connectivity index (χ0n) is 11.9. The Labute approximate surface area is 128 Å². The van der Waals surface area contributed by atoms with Crippen molar-refractivity contribution in [3.05, 3.63) is 33.6 Å². The highest BCUT2D eigenvalue weighted by molar-refractivity contribution is 6.31. The van der Waals surface area contributed by atoms with E-state index in [2.05, 4.69) is 4.90 Å². The highest BCUT2D eigenvalue weighted by Crippen LogP contribution is 2.30. The van der Waals surface area contributed by atoms with Gasteiger partial charge in [0.05, 0.1) is 10.9 Å². The molecule has 0 saturated heterocycles. The van der Waals surface area contributed by atoms with Gasteiger partial charge in [0, 0.05) is 24.2 Å². The summed E-state index contributed by atoms with van der Waals surface area (Å²) in [5, 5.41) is 1.21. The summed E-state index contributed by atoms with van der Waals surface area (Å²) in [6, 6.07) is 5.93. The average Bonchev–Trinajstić information content (AvgIpc) is 3.02. The molecule has 0 amide bonds. The molecule has 1 saturated carbocycles. The van der Waals surface area contributed by atoms with E-state index in [1.54, 1.807) is 12.1 Å². The van der Waals surface area contributed by atoms with E-state index >= 15 is 0 Å². The minimum Gasteiger partial charge on any atom is -0.339 e. The zero-order chi connectivity index (χ0) is 14.4. The summed E-state index contributed by atoms with van der Waals surface area (Å²) in [5.41, 5.74) is 0.792. The Morgan fingerprint density at radius 1 is 1.14 bits per heavy atom. The van der Waals surface area contributed by atoms with Crippen LogP contribution < -0.4 is 10.5 Å². The second-order valence-corrected chi connectivity index (χ2v) is 6.45. The smallest absolute Gasteiger partial charge is 0.262 e. The lowest BCUT2D eigenvalue weighted by Gasteiger charge is -2.35.